The summed E-state index contributed by atoms with van der Waals surface area (Å²) in [5, 5.41) is 10.1. The zero-order chi connectivity index (χ0) is 18.8. The van der Waals surface area contributed by atoms with Gasteiger partial charge in [-0.2, -0.15) is 0 Å². The fraction of sp³-hybridized carbons (Fsp3) is 0.0476. The van der Waals surface area contributed by atoms with E-state index in [0.717, 1.165) is 15.6 Å². The molecule has 6 heteroatoms. The van der Waals surface area contributed by atoms with Crippen LogP contribution >= 0.6 is 15.9 Å². The number of ether oxygens (including phenoxy) is 1. The lowest BCUT2D eigenvalue weighted by atomic mass is 10.2. The molecule has 5 nitrogen and oxygen atoms in total. The highest BCUT2D eigenvalue weighted by molar-refractivity contribution is 9.10. The predicted molar refractivity (Wildman–Crippen MR) is 109 cm³/mol. The summed E-state index contributed by atoms with van der Waals surface area (Å²) in [5.74, 6) is 1.03. The van der Waals surface area contributed by atoms with Gasteiger partial charge in [0.15, 0.2) is 17.1 Å². The van der Waals surface area contributed by atoms with Crippen LogP contribution in [0.5, 0.6) is 11.5 Å². The number of para-hydroxylation sites is 1. The Hall–Kier alpha value is -3.12. The Labute approximate surface area is 164 Å². The van der Waals surface area contributed by atoms with Gasteiger partial charge in [0.1, 0.15) is 5.52 Å². The van der Waals surface area contributed by atoms with Crippen molar-refractivity contribution in [2.45, 2.75) is 0 Å². The van der Waals surface area contributed by atoms with E-state index in [2.05, 4.69) is 25.9 Å². The number of aliphatic imine (C=N–C) groups is 1. The van der Waals surface area contributed by atoms with Crippen molar-refractivity contribution >= 4 is 38.9 Å². The largest absolute Gasteiger partial charge is 0.504 e. The summed E-state index contributed by atoms with van der Waals surface area (Å²) in [4.78, 5) is 8.98. The highest BCUT2D eigenvalue weighted by atomic mass is 79.9. The number of hydrogen-bond donors (Lipinski definition) is 1. The number of phenolic OH excluding ortho intramolecular Hbond substituents is 1. The molecule has 0 saturated carbocycles. The van der Waals surface area contributed by atoms with Crippen LogP contribution in [0.25, 0.3) is 22.6 Å². The lowest BCUT2D eigenvalue weighted by Crippen LogP contribution is -1.88. The first kappa shape index (κ1) is 17.3. The molecule has 1 heterocycles. The summed E-state index contributed by atoms with van der Waals surface area (Å²) >= 11 is 3.42. The van der Waals surface area contributed by atoms with Crippen LogP contribution in [0.3, 0.4) is 0 Å². The average molecular weight is 423 g/mol. The maximum absolute atomic E-state index is 10.1. The zero-order valence-electron chi connectivity index (χ0n) is 14.4. The molecule has 0 spiro atoms. The van der Waals surface area contributed by atoms with Gasteiger partial charge in [0.2, 0.25) is 5.89 Å². The van der Waals surface area contributed by atoms with E-state index in [1.54, 1.807) is 24.4 Å². The summed E-state index contributed by atoms with van der Waals surface area (Å²) in [6.07, 6.45) is 1.59. The molecule has 0 unspecified atom stereocenters. The lowest BCUT2D eigenvalue weighted by molar-refractivity contribution is 0.373. The second-order valence-electron chi connectivity index (χ2n) is 5.83. The number of benzene rings is 3. The Bertz CT molecular complexity index is 1130. The van der Waals surface area contributed by atoms with Gasteiger partial charge in [0.05, 0.1) is 12.8 Å². The molecule has 1 aromatic heterocycles. The molecule has 0 saturated heterocycles. The minimum Gasteiger partial charge on any atom is -0.504 e. The SMILES string of the molecule is COc1cccc(C=Nc2ccc3oc(-c4ccc(Br)cc4)nc3c2)c1O. The first-order valence-electron chi connectivity index (χ1n) is 8.20. The molecule has 3 aromatic carbocycles. The summed E-state index contributed by atoms with van der Waals surface area (Å²) in [6.45, 7) is 0. The van der Waals surface area contributed by atoms with E-state index < -0.39 is 0 Å². The van der Waals surface area contributed by atoms with Crippen LogP contribution in [-0.2, 0) is 0 Å². The third-order valence-electron chi connectivity index (χ3n) is 4.07. The van der Waals surface area contributed by atoms with Gasteiger partial charge in [-0.05, 0) is 54.6 Å². The number of hydrogen-bond acceptors (Lipinski definition) is 5. The minimum absolute atomic E-state index is 0.0591. The third kappa shape index (κ3) is 3.57. The van der Waals surface area contributed by atoms with Gasteiger partial charge in [-0.1, -0.05) is 22.0 Å². The standard InChI is InChI=1S/C21H15BrN2O3/c1-26-19-4-2-3-14(20(19)25)12-23-16-9-10-18-17(11-16)24-21(27-18)13-5-7-15(22)8-6-13/h2-12,25H,1H3. The molecule has 0 amide bonds. The second-order valence-corrected chi connectivity index (χ2v) is 6.75. The summed E-state index contributed by atoms with van der Waals surface area (Å²) in [6, 6.07) is 18.6. The van der Waals surface area contributed by atoms with E-state index >= 15 is 0 Å². The topological polar surface area (TPSA) is 67.9 Å². The van der Waals surface area contributed by atoms with E-state index in [1.165, 1.54) is 7.11 Å². The van der Waals surface area contributed by atoms with Crippen LogP contribution in [-0.4, -0.2) is 23.4 Å². The number of aromatic hydroxyl groups is 1. The van der Waals surface area contributed by atoms with Crippen LogP contribution in [0.2, 0.25) is 0 Å². The Morgan fingerprint density at radius 2 is 1.93 bits per heavy atom. The van der Waals surface area contributed by atoms with Crippen LogP contribution in [0.15, 0.2) is 74.5 Å². The van der Waals surface area contributed by atoms with Gasteiger partial charge in [-0.15, -0.1) is 0 Å². The smallest absolute Gasteiger partial charge is 0.227 e. The molecule has 0 aliphatic carbocycles. The molecule has 0 radical (unpaired) electrons. The summed E-state index contributed by atoms with van der Waals surface area (Å²) < 4.78 is 11.9. The molecule has 27 heavy (non-hydrogen) atoms. The molecular formula is C21H15BrN2O3. The minimum atomic E-state index is 0.0591. The van der Waals surface area contributed by atoms with E-state index in [0.29, 0.717) is 28.5 Å². The first-order valence-corrected chi connectivity index (χ1v) is 9.00. The second kappa shape index (κ2) is 7.25. The van der Waals surface area contributed by atoms with Crippen molar-refractivity contribution in [3.8, 4) is 23.0 Å². The van der Waals surface area contributed by atoms with Crippen LogP contribution in [0, 0.1) is 0 Å². The molecule has 134 valence electrons. The van der Waals surface area contributed by atoms with E-state index in [-0.39, 0.29) is 5.75 Å². The molecule has 0 aliphatic rings. The highest BCUT2D eigenvalue weighted by Crippen LogP contribution is 2.30. The predicted octanol–water partition coefficient (Wildman–Crippen LogP) is 5.72. The number of halogens is 1. The van der Waals surface area contributed by atoms with Crippen molar-refractivity contribution in [3.63, 3.8) is 0 Å². The van der Waals surface area contributed by atoms with Crippen molar-refractivity contribution < 1.29 is 14.3 Å². The van der Waals surface area contributed by atoms with Crippen molar-refractivity contribution in [2.24, 2.45) is 4.99 Å². The van der Waals surface area contributed by atoms with E-state index in [4.69, 9.17) is 9.15 Å². The van der Waals surface area contributed by atoms with Gasteiger partial charge in [-0.25, -0.2) is 4.98 Å². The molecule has 0 bridgehead atoms. The third-order valence-corrected chi connectivity index (χ3v) is 4.59. The number of phenols is 1. The van der Waals surface area contributed by atoms with Crippen molar-refractivity contribution in [3.05, 3.63) is 70.7 Å². The number of fused-ring (bicyclic) bond motifs is 1. The van der Waals surface area contributed by atoms with Gasteiger partial charge >= 0.3 is 0 Å². The average Bonchev–Trinajstić information content (AvgIpc) is 3.11. The van der Waals surface area contributed by atoms with Crippen LogP contribution in [0.1, 0.15) is 5.56 Å². The number of aromatic nitrogens is 1. The van der Waals surface area contributed by atoms with Gasteiger partial charge < -0.3 is 14.3 Å². The fourth-order valence-corrected chi connectivity index (χ4v) is 2.93. The Morgan fingerprint density at radius 1 is 1.11 bits per heavy atom. The maximum atomic E-state index is 10.1. The molecule has 4 rings (SSSR count). The number of oxazole rings is 1. The Morgan fingerprint density at radius 3 is 2.70 bits per heavy atom. The van der Waals surface area contributed by atoms with Gasteiger partial charge in [0.25, 0.3) is 0 Å². The Balaban J connectivity index is 1.65. The number of methoxy groups -OCH3 is 1. The lowest BCUT2D eigenvalue weighted by Gasteiger charge is -2.04. The molecule has 0 aliphatic heterocycles. The number of nitrogens with zero attached hydrogens (tertiary/aromatic N) is 2. The monoisotopic (exact) mass is 422 g/mol. The molecule has 4 aromatic rings. The Kier molecular flexibility index (Phi) is 4.64. The molecule has 1 N–H and O–H groups in total. The summed E-state index contributed by atoms with van der Waals surface area (Å²) in [5.41, 5.74) is 3.60. The van der Waals surface area contributed by atoms with Gasteiger partial charge in [0, 0.05) is 21.8 Å². The first-order chi connectivity index (χ1) is 13.1. The normalized spacial score (nSPS) is 11.3. The maximum Gasteiger partial charge on any atom is 0.227 e. The van der Waals surface area contributed by atoms with Gasteiger partial charge in [-0.3, -0.25) is 4.99 Å². The number of rotatable bonds is 4. The van der Waals surface area contributed by atoms with E-state index in [1.807, 2.05) is 42.5 Å². The fourth-order valence-electron chi connectivity index (χ4n) is 2.66. The van der Waals surface area contributed by atoms with Crippen LogP contribution in [0.4, 0.5) is 5.69 Å². The van der Waals surface area contributed by atoms with Crippen molar-refractivity contribution in [2.75, 3.05) is 7.11 Å². The molecule has 0 atom stereocenters. The molecular weight excluding hydrogens is 408 g/mol. The van der Waals surface area contributed by atoms with E-state index in [9.17, 15) is 5.11 Å². The van der Waals surface area contributed by atoms with Crippen molar-refractivity contribution in [1.29, 1.82) is 0 Å². The molecule has 0 fully saturated rings. The highest BCUT2D eigenvalue weighted by Gasteiger charge is 2.09. The van der Waals surface area contributed by atoms with Crippen LogP contribution < -0.4 is 4.74 Å². The summed E-state index contributed by atoms with van der Waals surface area (Å²) in [7, 11) is 1.51. The zero-order valence-corrected chi connectivity index (χ0v) is 16.0. The van der Waals surface area contributed by atoms with Crippen molar-refractivity contribution in [1.82, 2.24) is 4.98 Å². The quantitative estimate of drug-likeness (QED) is 0.426.